The number of nitrogens with zero attached hydrogens (tertiary/aromatic N) is 1. The third-order valence-corrected chi connectivity index (χ3v) is 4.32. The number of aliphatic hydroxyl groups excluding tert-OH is 1. The molecule has 0 bridgehead atoms. The molecule has 0 saturated carbocycles. The molecule has 1 atom stereocenters. The first kappa shape index (κ1) is 18.7. The van der Waals surface area contributed by atoms with E-state index >= 15 is 0 Å². The first-order chi connectivity index (χ1) is 11.4. The van der Waals surface area contributed by atoms with Crippen molar-refractivity contribution in [3.63, 3.8) is 0 Å². The molecule has 1 aromatic carbocycles. The minimum absolute atomic E-state index is 0.101. The minimum Gasteiger partial charge on any atom is -0.491 e. The lowest BCUT2D eigenvalue weighted by molar-refractivity contribution is -0.127. The van der Waals surface area contributed by atoms with Gasteiger partial charge in [-0.3, -0.25) is 4.79 Å². The molecule has 2 rings (SSSR count). The van der Waals surface area contributed by atoms with Crippen molar-refractivity contribution in [2.45, 2.75) is 45.8 Å². The van der Waals surface area contributed by atoms with Crippen molar-refractivity contribution in [1.82, 2.24) is 10.2 Å². The molecule has 1 heterocycles. The zero-order chi connectivity index (χ0) is 17.5. The van der Waals surface area contributed by atoms with Gasteiger partial charge in [-0.15, -0.1) is 0 Å². The smallest absolute Gasteiger partial charge is 0.223 e. The molecule has 134 valence electrons. The monoisotopic (exact) mass is 334 g/mol. The highest BCUT2D eigenvalue weighted by atomic mass is 16.5. The number of hydrogen-bond donors (Lipinski definition) is 2. The summed E-state index contributed by atoms with van der Waals surface area (Å²) in [6, 6.07) is 8.02. The van der Waals surface area contributed by atoms with Crippen LogP contribution >= 0.6 is 0 Å². The molecule has 1 saturated heterocycles. The maximum absolute atomic E-state index is 12.0. The van der Waals surface area contributed by atoms with Gasteiger partial charge < -0.3 is 20.1 Å². The number of β-amino-alcohol motifs (C(OH)–C–C–N with tert-alkyl or cyclic N) is 1. The highest BCUT2D eigenvalue weighted by Crippen LogP contribution is 2.18. The molecular formula is C19H30N2O3. The number of amides is 1. The van der Waals surface area contributed by atoms with Crippen LogP contribution in [0.2, 0.25) is 0 Å². The number of rotatable bonds is 7. The van der Waals surface area contributed by atoms with E-state index in [9.17, 15) is 9.90 Å². The van der Waals surface area contributed by atoms with E-state index in [0.29, 0.717) is 6.54 Å². The van der Waals surface area contributed by atoms with Gasteiger partial charge in [0.05, 0.1) is 0 Å². The van der Waals surface area contributed by atoms with Crippen LogP contribution < -0.4 is 10.1 Å². The third-order valence-electron chi connectivity index (χ3n) is 4.32. The van der Waals surface area contributed by atoms with Gasteiger partial charge in [0.1, 0.15) is 18.5 Å². The van der Waals surface area contributed by atoms with E-state index < -0.39 is 6.10 Å². The third kappa shape index (κ3) is 6.13. The van der Waals surface area contributed by atoms with Crippen LogP contribution in [0.5, 0.6) is 5.75 Å². The summed E-state index contributed by atoms with van der Waals surface area (Å²) < 4.78 is 5.63. The maximum Gasteiger partial charge on any atom is 0.223 e. The Morgan fingerprint density at radius 3 is 2.50 bits per heavy atom. The number of carbonyl (C=O) groups is 1. The van der Waals surface area contributed by atoms with Crippen LogP contribution in [-0.2, 0) is 4.79 Å². The van der Waals surface area contributed by atoms with Crippen molar-refractivity contribution >= 4 is 5.91 Å². The lowest BCUT2D eigenvalue weighted by Crippen LogP contribution is -2.45. The van der Waals surface area contributed by atoms with Crippen LogP contribution in [0.1, 0.15) is 32.3 Å². The Morgan fingerprint density at radius 1 is 1.29 bits per heavy atom. The fraction of sp³-hybridized carbons (Fsp3) is 0.632. The second-order valence-corrected chi connectivity index (χ2v) is 7.02. The van der Waals surface area contributed by atoms with Gasteiger partial charge in [0.25, 0.3) is 0 Å². The second-order valence-electron chi connectivity index (χ2n) is 7.02. The summed E-state index contributed by atoms with van der Waals surface area (Å²) in [4.78, 5) is 14.2. The molecular weight excluding hydrogens is 304 g/mol. The molecule has 1 fully saturated rings. The number of benzene rings is 1. The summed E-state index contributed by atoms with van der Waals surface area (Å²) in [5, 5.41) is 13.1. The van der Waals surface area contributed by atoms with E-state index in [0.717, 1.165) is 31.7 Å². The summed E-state index contributed by atoms with van der Waals surface area (Å²) in [5.74, 6) is 1.04. The number of aliphatic hydroxyl groups is 1. The average molecular weight is 334 g/mol. The Kier molecular flexibility index (Phi) is 7.06. The number of hydrogen-bond acceptors (Lipinski definition) is 4. The van der Waals surface area contributed by atoms with Crippen LogP contribution in [0.4, 0.5) is 0 Å². The van der Waals surface area contributed by atoms with Crippen molar-refractivity contribution in [2.75, 3.05) is 26.2 Å². The highest BCUT2D eigenvalue weighted by Gasteiger charge is 2.26. The molecule has 1 amide bonds. The van der Waals surface area contributed by atoms with Crippen LogP contribution in [0.25, 0.3) is 0 Å². The lowest BCUT2D eigenvalue weighted by atomic mass is 9.95. The molecule has 24 heavy (non-hydrogen) atoms. The van der Waals surface area contributed by atoms with Gasteiger partial charge in [-0.1, -0.05) is 17.7 Å². The minimum atomic E-state index is -0.521. The fourth-order valence-electron chi connectivity index (χ4n) is 2.96. The van der Waals surface area contributed by atoms with Crippen molar-refractivity contribution < 1.29 is 14.6 Å². The molecule has 0 radical (unpaired) electrons. The number of piperidine rings is 1. The summed E-state index contributed by atoms with van der Waals surface area (Å²) in [7, 11) is 0. The summed E-state index contributed by atoms with van der Waals surface area (Å²) >= 11 is 0. The van der Waals surface area contributed by atoms with Gasteiger partial charge >= 0.3 is 0 Å². The molecule has 1 aromatic rings. The first-order valence-electron chi connectivity index (χ1n) is 8.84. The zero-order valence-electron chi connectivity index (χ0n) is 15.0. The van der Waals surface area contributed by atoms with Gasteiger partial charge in [-0.05, 0) is 58.8 Å². The predicted octanol–water partition coefficient (Wildman–Crippen LogP) is 1.97. The zero-order valence-corrected chi connectivity index (χ0v) is 15.0. The average Bonchev–Trinajstić information content (AvgIpc) is 2.54. The Morgan fingerprint density at radius 2 is 1.92 bits per heavy atom. The van der Waals surface area contributed by atoms with Crippen LogP contribution in [0, 0.1) is 12.8 Å². The summed E-state index contributed by atoms with van der Waals surface area (Å²) in [5.41, 5.74) is 1.19. The van der Waals surface area contributed by atoms with Gasteiger partial charge in [-0.25, -0.2) is 0 Å². The lowest BCUT2D eigenvalue weighted by Gasteiger charge is -2.32. The Bertz CT molecular complexity index is 508. The van der Waals surface area contributed by atoms with E-state index in [2.05, 4.69) is 10.2 Å². The van der Waals surface area contributed by atoms with Crippen molar-refractivity contribution in [2.24, 2.45) is 5.92 Å². The van der Waals surface area contributed by atoms with Crippen molar-refractivity contribution in [1.29, 1.82) is 0 Å². The van der Waals surface area contributed by atoms with Crippen LogP contribution in [-0.4, -0.2) is 54.3 Å². The topological polar surface area (TPSA) is 61.8 Å². The van der Waals surface area contributed by atoms with Crippen LogP contribution in [0.3, 0.4) is 0 Å². The SMILES string of the molecule is Cc1ccc(OCC(O)CN2CCC(C(=O)NC(C)C)CC2)cc1. The standard InChI is InChI=1S/C19H30N2O3/c1-14(2)20-19(23)16-8-10-21(11-9-16)12-17(22)13-24-18-6-4-15(3)5-7-18/h4-7,14,16-17,22H,8-13H2,1-3H3,(H,20,23). The Labute approximate surface area is 145 Å². The molecule has 0 aromatic heterocycles. The molecule has 5 nitrogen and oxygen atoms in total. The number of carbonyl (C=O) groups excluding carboxylic acids is 1. The van der Waals surface area contributed by atoms with E-state index in [1.54, 1.807) is 0 Å². The molecule has 0 spiro atoms. The Hall–Kier alpha value is -1.59. The van der Waals surface area contributed by atoms with Crippen molar-refractivity contribution in [3.05, 3.63) is 29.8 Å². The molecule has 5 heteroatoms. The normalized spacial score (nSPS) is 17.7. The fourth-order valence-corrected chi connectivity index (χ4v) is 2.96. The number of likely N-dealkylation sites (tertiary alicyclic amines) is 1. The number of aryl methyl sites for hydroxylation is 1. The maximum atomic E-state index is 12.0. The molecule has 1 aliphatic rings. The van der Waals surface area contributed by atoms with E-state index in [1.807, 2.05) is 45.0 Å². The van der Waals surface area contributed by atoms with Crippen molar-refractivity contribution in [3.8, 4) is 5.75 Å². The molecule has 1 unspecified atom stereocenters. The van der Waals surface area contributed by atoms with Crippen LogP contribution in [0.15, 0.2) is 24.3 Å². The molecule has 2 N–H and O–H groups in total. The van der Waals surface area contributed by atoms with Gasteiger partial charge in [0.2, 0.25) is 5.91 Å². The van der Waals surface area contributed by atoms with E-state index in [-0.39, 0.29) is 24.5 Å². The van der Waals surface area contributed by atoms with E-state index in [1.165, 1.54) is 5.56 Å². The quantitative estimate of drug-likeness (QED) is 0.800. The Balaban J connectivity index is 1.67. The summed E-state index contributed by atoms with van der Waals surface area (Å²) in [6.45, 7) is 8.56. The second kappa shape index (κ2) is 9.04. The highest BCUT2D eigenvalue weighted by molar-refractivity contribution is 5.78. The van der Waals surface area contributed by atoms with Gasteiger partial charge in [0, 0.05) is 18.5 Å². The largest absolute Gasteiger partial charge is 0.491 e. The predicted molar refractivity (Wildman–Crippen MR) is 95.1 cm³/mol. The van der Waals surface area contributed by atoms with Gasteiger partial charge in [-0.2, -0.15) is 0 Å². The summed E-state index contributed by atoms with van der Waals surface area (Å²) in [6.07, 6.45) is 1.18. The first-order valence-corrected chi connectivity index (χ1v) is 8.84. The molecule has 1 aliphatic heterocycles. The number of ether oxygens (including phenoxy) is 1. The number of nitrogens with one attached hydrogen (secondary N) is 1. The van der Waals surface area contributed by atoms with E-state index in [4.69, 9.17) is 4.74 Å². The molecule has 0 aliphatic carbocycles. The van der Waals surface area contributed by atoms with Gasteiger partial charge in [0.15, 0.2) is 0 Å².